The number of benzene rings is 3. The largest absolute Gasteiger partial charge is 0.454 e. The molecular weight excluding hydrogens is 364 g/mol. The average Bonchev–Trinajstić information content (AvgIpc) is 3.14. The number of nitrogens with one attached hydrogen (secondary N) is 2. The Morgan fingerprint density at radius 3 is 2.63 bits per heavy atom. The summed E-state index contributed by atoms with van der Waals surface area (Å²) in [5.74, 6) is 0.966. The fourth-order valence-corrected chi connectivity index (χ4v) is 3.45. The summed E-state index contributed by atoms with van der Waals surface area (Å²) in [6.45, 7) is 0.162. The number of anilines is 1. The Labute approximate surface area is 159 Å². The molecule has 1 aliphatic heterocycles. The van der Waals surface area contributed by atoms with Crippen LogP contribution in [0.1, 0.15) is 0 Å². The van der Waals surface area contributed by atoms with Crippen molar-refractivity contribution < 1.29 is 19.1 Å². The summed E-state index contributed by atoms with van der Waals surface area (Å²) in [6.07, 6.45) is 0. The van der Waals surface area contributed by atoms with Crippen molar-refractivity contribution in [1.29, 1.82) is 0 Å². The van der Waals surface area contributed by atoms with E-state index in [1.54, 1.807) is 18.2 Å². The third-order valence-corrected chi connectivity index (χ3v) is 4.97. The minimum atomic E-state index is -0.585. The SMILES string of the molecule is O=C(CSc1ccc2ccccc2c1)NC(=O)Nc1ccc2c(c1)OCO2. The van der Waals surface area contributed by atoms with Gasteiger partial charge in [-0.25, -0.2) is 4.79 Å². The van der Waals surface area contributed by atoms with Crippen molar-refractivity contribution in [2.75, 3.05) is 17.9 Å². The van der Waals surface area contributed by atoms with Gasteiger partial charge in [0.1, 0.15) is 0 Å². The first-order valence-electron chi connectivity index (χ1n) is 8.29. The third kappa shape index (κ3) is 4.15. The van der Waals surface area contributed by atoms with Crippen molar-refractivity contribution in [2.24, 2.45) is 0 Å². The second-order valence-corrected chi connectivity index (χ2v) is 6.92. The van der Waals surface area contributed by atoms with Gasteiger partial charge in [0.15, 0.2) is 11.5 Å². The van der Waals surface area contributed by atoms with Crippen LogP contribution in [0, 0.1) is 0 Å². The minimum Gasteiger partial charge on any atom is -0.454 e. The summed E-state index contributed by atoms with van der Waals surface area (Å²) < 4.78 is 10.5. The second-order valence-electron chi connectivity index (χ2n) is 5.87. The zero-order valence-corrected chi connectivity index (χ0v) is 15.0. The molecule has 0 atom stereocenters. The average molecular weight is 380 g/mol. The first kappa shape index (κ1) is 17.2. The van der Waals surface area contributed by atoms with Gasteiger partial charge in [0.25, 0.3) is 0 Å². The quantitative estimate of drug-likeness (QED) is 0.669. The van der Waals surface area contributed by atoms with E-state index in [9.17, 15) is 9.59 Å². The van der Waals surface area contributed by atoms with Crippen LogP contribution < -0.4 is 20.1 Å². The molecule has 7 heteroatoms. The van der Waals surface area contributed by atoms with Gasteiger partial charge in [0.2, 0.25) is 12.7 Å². The molecule has 2 N–H and O–H groups in total. The number of urea groups is 1. The van der Waals surface area contributed by atoms with Crippen molar-refractivity contribution >= 4 is 40.2 Å². The van der Waals surface area contributed by atoms with Gasteiger partial charge in [-0.3, -0.25) is 10.1 Å². The summed E-state index contributed by atoms with van der Waals surface area (Å²) in [4.78, 5) is 25.0. The lowest BCUT2D eigenvalue weighted by atomic mass is 10.1. The van der Waals surface area contributed by atoms with Crippen LogP contribution in [0.15, 0.2) is 65.6 Å². The standard InChI is InChI=1S/C20H16N2O4S/c23-19(11-27-16-7-5-13-3-1-2-4-14(13)9-16)22-20(24)21-15-6-8-17-18(10-15)26-12-25-17/h1-10H,11-12H2,(H2,21,22,23,24). The molecule has 0 radical (unpaired) electrons. The molecule has 1 aliphatic rings. The van der Waals surface area contributed by atoms with Crippen molar-refractivity contribution in [1.82, 2.24) is 5.32 Å². The number of hydrogen-bond donors (Lipinski definition) is 2. The van der Waals surface area contributed by atoms with Crippen molar-refractivity contribution in [2.45, 2.75) is 4.90 Å². The molecule has 27 heavy (non-hydrogen) atoms. The highest BCUT2D eigenvalue weighted by atomic mass is 32.2. The summed E-state index contributed by atoms with van der Waals surface area (Å²) in [5, 5.41) is 7.19. The lowest BCUT2D eigenvalue weighted by Gasteiger charge is -2.08. The van der Waals surface area contributed by atoms with Crippen LogP contribution >= 0.6 is 11.8 Å². The van der Waals surface area contributed by atoms with Crippen LogP contribution in [0.5, 0.6) is 11.5 Å². The van der Waals surface area contributed by atoms with Gasteiger partial charge in [-0.15, -0.1) is 11.8 Å². The Balaban J connectivity index is 1.30. The molecular formula is C20H16N2O4S. The molecule has 0 spiro atoms. The summed E-state index contributed by atoms with van der Waals surface area (Å²) >= 11 is 1.38. The molecule has 3 aromatic carbocycles. The van der Waals surface area contributed by atoms with E-state index in [0.29, 0.717) is 17.2 Å². The van der Waals surface area contributed by atoms with Crippen LogP contribution in [0.25, 0.3) is 10.8 Å². The van der Waals surface area contributed by atoms with Gasteiger partial charge in [-0.05, 0) is 35.0 Å². The number of fused-ring (bicyclic) bond motifs is 2. The van der Waals surface area contributed by atoms with E-state index < -0.39 is 6.03 Å². The smallest absolute Gasteiger partial charge is 0.325 e. The molecule has 6 nitrogen and oxygen atoms in total. The summed E-state index contributed by atoms with van der Waals surface area (Å²) in [5.41, 5.74) is 0.520. The lowest BCUT2D eigenvalue weighted by molar-refractivity contribution is -0.117. The van der Waals surface area contributed by atoms with E-state index in [2.05, 4.69) is 10.6 Å². The van der Waals surface area contributed by atoms with Crippen molar-refractivity contribution in [3.63, 3.8) is 0 Å². The number of carbonyl (C=O) groups is 2. The third-order valence-electron chi connectivity index (χ3n) is 3.97. The summed E-state index contributed by atoms with van der Waals surface area (Å²) in [7, 11) is 0. The second kappa shape index (κ2) is 7.59. The molecule has 3 amide bonds. The Bertz CT molecular complexity index is 1020. The van der Waals surface area contributed by atoms with Crippen LogP contribution in [0.2, 0.25) is 0 Å². The van der Waals surface area contributed by atoms with E-state index >= 15 is 0 Å². The zero-order chi connectivity index (χ0) is 18.6. The fraction of sp³-hybridized carbons (Fsp3) is 0.100. The molecule has 0 aliphatic carbocycles. The number of hydrogen-bond acceptors (Lipinski definition) is 5. The minimum absolute atomic E-state index is 0.146. The van der Waals surface area contributed by atoms with E-state index in [-0.39, 0.29) is 18.5 Å². The van der Waals surface area contributed by atoms with Gasteiger partial charge in [-0.1, -0.05) is 30.3 Å². The van der Waals surface area contributed by atoms with Crippen molar-refractivity contribution in [3.8, 4) is 11.5 Å². The number of imide groups is 1. The predicted octanol–water partition coefficient (Wildman–Crippen LogP) is 4.01. The summed E-state index contributed by atoms with van der Waals surface area (Å²) in [6, 6.07) is 18.5. The van der Waals surface area contributed by atoms with Crippen LogP contribution in [-0.4, -0.2) is 24.5 Å². The van der Waals surface area contributed by atoms with E-state index in [0.717, 1.165) is 15.7 Å². The van der Waals surface area contributed by atoms with Crippen molar-refractivity contribution in [3.05, 3.63) is 60.7 Å². The van der Waals surface area contributed by atoms with Crippen LogP contribution in [-0.2, 0) is 4.79 Å². The number of rotatable bonds is 4. The maximum absolute atomic E-state index is 12.0. The highest BCUT2D eigenvalue weighted by Crippen LogP contribution is 2.34. The van der Waals surface area contributed by atoms with Gasteiger partial charge in [0.05, 0.1) is 5.75 Å². The molecule has 1 heterocycles. The highest BCUT2D eigenvalue weighted by Gasteiger charge is 2.15. The number of carbonyl (C=O) groups excluding carboxylic acids is 2. The fourth-order valence-electron chi connectivity index (χ4n) is 2.71. The van der Waals surface area contributed by atoms with Gasteiger partial charge >= 0.3 is 6.03 Å². The van der Waals surface area contributed by atoms with Gasteiger partial charge in [-0.2, -0.15) is 0 Å². The molecule has 0 unspecified atom stereocenters. The Kier molecular flexibility index (Phi) is 4.84. The van der Waals surface area contributed by atoms with Crippen LogP contribution in [0.4, 0.5) is 10.5 Å². The maximum Gasteiger partial charge on any atom is 0.325 e. The zero-order valence-electron chi connectivity index (χ0n) is 14.2. The number of thioether (sulfide) groups is 1. The molecule has 0 fully saturated rings. The van der Waals surface area contributed by atoms with Gasteiger partial charge < -0.3 is 14.8 Å². The maximum atomic E-state index is 12.0. The molecule has 4 rings (SSSR count). The van der Waals surface area contributed by atoms with E-state index in [1.165, 1.54) is 11.8 Å². The Hall–Kier alpha value is -3.19. The molecule has 0 saturated carbocycles. The topological polar surface area (TPSA) is 76.7 Å². The molecule has 0 aromatic heterocycles. The molecule has 136 valence electrons. The van der Waals surface area contributed by atoms with E-state index in [1.807, 2.05) is 42.5 Å². The normalized spacial score (nSPS) is 12.0. The first-order chi connectivity index (χ1) is 13.2. The van der Waals surface area contributed by atoms with Crippen LogP contribution in [0.3, 0.4) is 0 Å². The molecule has 3 aromatic rings. The van der Waals surface area contributed by atoms with E-state index in [4.69, 9.17) is 9.47 Å². The molecule has 0 bridgehead atoms. The Morgan fingerprint density at radius 1 is 0.926 bits per heavy atom. The predicted molar refractivity (Wildman–Crippen MR) is 104 cm³/mol. The van der Waals surface area contributed by atoms with Gasteiger partial charge in [0, 0.05) is 16.6 Å². The number of ether oxygens (including phenoxy) is 2. The lowest BCUT2D eigenvalue weighted by Crippen LogP contribution is -2.35. The Morgan fingerprint density at radius 2 is 1.74 bits per heavy atom. The number of amides is 3. The first-order valence-corrected chi connectivity index (χ1v) is 9.28. The highest BCUT2D eigenvalue weighted by molar-refractivity contribution is 8.00. The molecule has 0 saturated heterocycles. The monoisotopic (exact) mass is 380 g/mol.